The van der Waals surface area contributed by atoms with Crippen molar-refractivity contribution in [3.05, 3.63) is 82.9 Å². The molecule has 5 rings (SSSR count). The molecule has 3 aromatic heterocycles. The average molecular weight is 519 g/mol. The van der Waals surface area contributed by atoms with E-state index in [1.54, 1.807) is 24.5 Å². The first-order valence-corrected chi connectivity index (χ1v) is 11.9. The van der Waals surface area contributed by atoms with Crippen molar-refractivity contribution in [2.75, 3.05) is 6.54 Å². The number of piperidine rings is 1. The maximum Gasteiger partial charge on any atom is 0.296 e. The van der Waals surface area contributed by atoms with Crippen LogP contribution in [-0.2, 0) is 6.67 Å². The molecule has 1 N–H and O–H groups in total. The minimum Gasteiger partial charge on any atom is -0.493 e. The minimum absolute atomic E-state index is 0.0219. The summed E-state index contributed by atoms with van der Waals surface area (Å²) in [6.45, 7) is 1.39. The zero-order chi connectivity index (χ0) is 23.5. The first-order valence-electron chi connectivity index (χ1n) is 11.1. The number of nitrogens with zero attached hydrogens (tertiary/aromatic N) is 6. The molecule has 0 bridgehead atoms. The number of carbonyl (C=O) groups is 1. The predicted molar refractivity (Wildman–Crippen MR) is 132 cm³/mol. The molecule has 34 heavy (non-hydrogen) atoms. The van der Waals surface area contributed by atoms with E-state index < -0.39 is 5.91 Å². The molecule has 4 heterocycles. The van der Waals surface area contributed by atoms with Gasteiger partial charge in [0.25, 0.3) is 5.91 Å². The Balaban J connectivity index is 1.51. The summed E-state index contributed by atoms with van der Waals surface area (Å²) in [6, 6.07) is 13.3. The molecule has 8 nitrogen and oxygen atoms in total. The molecule has 1 fully saturated rings. The van der Waals surface area contributed by atoms with Crippen molar-refractivity contribution >= 4 is 38.4 Å². The van der Waals surface area contributed by atoms with Gasteiger partial charge in [-0.1, -0.05) is 28.4 Å². The number of aromatic nitrogens is 3. The van der Waals surface area contributed by atoms with Crippen molar-refractivity contribution < 1.29 is 9.90 Å². The summed E-state index contributed by atoms with van der Waals surface area (Å²) in [6.07, 6.45) is 10.00. The number of azo groups is 1. The van der Waals surface area contributed by atoms with E-state index in [0.717, 1.165) is 35.8 Å². The molecule has 0 aliphatic carbocycles. The molecule has 172 valence electrons. The highest BCUT2D eigenvalue weighted by molar-refractivity contribution is 9.10. The smallest absolute Gasteiger partial charge is 0.296 e. The molecule has 9 heteroatoms. The molecule has 1 aliphatic heterocycles. The molecule has 0 radical (unpaired) electrons. The van der Waals surface area contributed by atoms with Crippen molar-refractivity contribution in [2.24, 2.45) is 10.2 Å². The van der Waals surface area contributed by atoms with E-state index >= 15 is 0 Å². The van der Waals surface area contributed by atoms with Crippen LogP contribution in [0.5, 0.6) is 5.88 Å². The molecule has 1 unspecified atom stereocenters. The molecule has 1 atom stereocenters. The standard InChI is InChI=1S/C25H23BrN6O2/c26-19-8-9-22-20(13-19)23(29-30-24(33)18-6-4-11-28-15-18)25(34)32(22)16-31-12-2-1-7-21(31)17-5-3-10-27-14-17/h3-6,8-11,13-15,21,34H,1-2,7,12,16H2. The normalized spacial score (nSPS) is 16.9. The van der Waals surface area contributed by atoms with Gasteiger partial charge in [-0.2, -0.15) is 0 Å². The number of pyridine rings is 2. The molecular weight excluding hydrogens is 496 g/mol. The number of amides is 1. The van der Waals surface area contributed by atoms with Crippen molar-refractivity contribution in [3.8, 4) is 5.88 Å². The summed E-state index contributed by atoms with van der Waals surface area (Å²) in [5.74, 6) is -0.539. The second-order valence-electron chi connectivity index (χ2n) is 8.26. The zero-order valence-electron chi connectivity index (χ0n) is 18.4. The molecule has 1 saturated heterocycles. The van der Waals surface area contributed by atoms with Gasteiger partial charge in [-0.05, 0) is 54.8 Å². The van der Waals surface area contributed by atoms with E-state index in [9.17, 15) is 9.90 Å². The minimum atomic E-state index is -0.518. The Labute approximate surface area is 205 Å². The number of hydrogen-bond acceptors (Lipinski definition) is 6. The monoisotopic (exact) mass is 518 g/mol. The summed E-state index contributed by atoms with van der Waals surface area (Å²) in [5, 5.41) is 20.0. The Morgan fingerprint density at radius 3 is 2.71 bits per heavy atom. The van der Waals surface area contributed by atoms with Crippen LogP contribution >= 0.6 is 15.9 Å². The lowest BCUT2D eigenvalue weighted by Crippen LogP contribution is -2.34. The fraction of sp³-hybridized carbons (Fsp3) is 0.240. The lowest BCUT2D eigenvalue weighted by molar-refractivity contribution is 0.0994. The number of aromatic hydroxyl groups is 1. The van der Waals surface area contributed by atoms with Gasteiger partial charge in [0, 0.05) is 47.2 Å². The van der Waals surface area contributed by atoms with Gasteiger partial charge in [-0.15, -0.1) is 10.2 Å². The van der Waals surface area contributed by atoms with Crippen LogP contribution in [0.1, 0.15) is 41.2 Å². The predicted octanol–water partition coefficient (Wildman–Crippen LogP) is 6.01. The third-order valence-corrected chi connectivity index (χ3v) is 6.62. The highest BCUT2D eigenvalue weighted by atomic mass is 79.9. The molecule has 0 spiro atoms. The number of likely N-dealkylation sites (tertiary alicyclic amines) is 1. The van der Waals surface area contributed by atoms with Gasteiger partial charge in [0.05, 0.1) is 17.7 Å². The number of halogens is 1. The SMILES string of the molecule is O=C(N=Nc1c(O)n(CN2CCCCC2c2cccnc2)c2ccc(Br)cc12)c1cccnc1. The Morgan fingerprint density at radius 2 is 1.94 bits per heavy atom. The van der Waals surface area contributed by atoms with Crippen LogP contribution in [0.4, 0.5) is 5.69 Å². The zero-order valence-corrected chi connectivity index (χ0v) is 20.0. The lowest BCUT2D eigenvalue weighted by Gasteiger charge is -2.36. The van der Waals surface area contributed by atoms with Crippen molar-refractivity contribution in [1.82, 2.24) is 19.4 Å². The summed E-state index contributed by atoms with van der Waals surface area (Å²) in [7, 11) is 0. The van der Waals surface area contributed by atoms with Gasteiger partial charge < -0.3 is 5.11 Å². The maximum atomic E-state index is 12.4. The summed E-state index contributed by atoms with van der Waals surface area (Å²) >= 11 is 3.50. The average Bonchev–Trinajstić information content (AvgIpc) is 3.13. The molecule has 4 aromatic rings. The Bertz CT molecular complexity index is 1340. The number of benzene rings is 1. The fourth-order valence-electron chi connectivity index (χ4n) is 4.47. The summed E-state index contributed by atoms with van der Waals surface area (Å²) in [4.78, 5) is 23.0. The van der Waals surface area contributed by atoms with Crippen molar-refractivity contribution in [1.29, 1.82) is 0 Å². The molecule has 1 aromatic carbocycles. The van der Waals surface area contributed by atoms with E-state index in [-0.39, 0.29) is 17.6 Å². The fourth-order valence-corrected chi connectivity index (χ4v) is 4.83. The molecule has 1 aliphatic rings. The third kappa shape index (κ3) is 4.49. The molecule has 0 saturated carbocycles. The van der Waals surface area contributed by atoms with E-state index in [1.807, 2.05) is 35.0 Å². The van der Waals surface area contributed by atoms with Gasteiger partial charge in [-0.25, -0.2) is 0 Å². The van der Waals surface area contributed by atoms with Crippen molar-refractivity contribution in [3.63, 3.8) is 0 Å². The second kappa shape index (κ2) is 9.82. The maximum absolute atomic E-state index is 12.4. The van der Waals surface area contributed by atoms with E-state index in [4.69, 9.17) is 0 Å². The topological polar surface area (TPSA) is 96.0 Å². The Kier molecular flexibility index (Phi) is 6.46. The van der Waals surface area contributed by atoms with Crippen LogP contribution in [0.2, 0.25) is 0 Å². The van der Waals surface area contributed by atoms with E-state index in [0.29, 0.717) is 17.6 Å². The van der Waals surface area contributed by atoms with Crippen LogP contribution in [-0.4, -0.2) is 37.0 Å². The Morgan fingerprint density at radius 1 is 1.12 bits per heavy atom. The van der Waals surface area contributed by atoms with Crippen LogP contribution in [0.15, 0.2) is 82.0 Å². The summed E-state index contributed by atoms with van der Waals surface area (Å²) < 4.78 is 2.68. The first-order chi connectivity index (χ1) is 16.6. The molecule has 1 amide bonds. The van der Waals surface area contributed by atoms with Gasteiger partial charge in [0.2, 0.25) is 5.88 Å². The van der Waals surface area contributed by atoms with Crippen LogP contribution in [0.25, 0.3) is 10.9 Å². The third-order valence-electron chi connectivity index (χ3n) is 6.13. The number of rotatable bonds is 5. The van der Waals surface area contributed by atoms with Crippen molar-refractivity contribution in [2.45, 2.75) is 32.0 Å². The van der Waals surface area contributed by atoms with Gasteiger partial charge >= 0.3 is 0 Å². The van der Waals surface area contributed by atoms with Crippen LogP contribution in [0.3, 0.4) is 0 Å². The van der Waals surface area contributed by atoms with Gasteiger partial charge in [0.15, 0.2) is 5.69 Å². The largest absolute Gasteiger partial charge is 0.493 e. The highest BCUT2D eigenvalue weighted by Gasteiger charge is 2.27. The van der Waals surface area contributed by atoms with Gasteiger partial charge in [-0.3, -0.25) is 24.2 Å². The lowest BCUT2D eigenvalue weighted by atomic mass is 9.97. The first kappa shape index (κ1) is 22.4. The number of fused-ring (bicyclic) bond motifs is 1. The highest BCUT2D eigenvalue weighted by Crippen LogP contribution is 2.41. The number of carbonyl (C=O) groups excluding carboxylic acids is 1. The van der Waals surface area contributed by atoms with Crippen LogP contribution < -0.4 is 0 Å². The number of hydrogen-bond donors (Lipinski definition) is 1. The van der Waals surface area contributed by atoms with Gasteiger partial charge in [0.1, 0.15) is 0 Å². The van der Waals surface area contributed by atoms with E-state index in [1.165, 1.54) is 11.8 Å². The van der Waals surface area contributed by atoms with E-state index in [2.05, 4.69) is 47.1 Å². The quantitative estimate of drug-likeness (QED) is 0.326. The second-order valence-corrected chi connectivity index (χ2v) is 9.18. The molecular formula is C25H23BrN6O2. The summed E-state index contributed by atoms with van der Waals surface area (Å²) in [5.41, 5.74) is 2.59. The van der Waals surface area contributed by atoms with Crippen LogP contribution in [0, 0.1) is 0 Å². The Hall–Kier alpha value is -3.43.